The Hall–Kier alpha value is -3.55. The summed E-state index contributed by atoms with van der Waals surface area (Å²) in [6.07, 6.45) is -8.44. The molecule has 4 rings (SSSR count). The molecule has 12 heteroatoms. The number of phenols is 4. The number of phenolic OH excluding ortho intramolecular Hbond substituents is 4. The van der Waals surface area contributed by atoms with Gasteiger partial charge >= 0.3 is 0 Å². The van der Waals surface area contributed by atoms with Crippen molar-refractivity contribution in [3.63, 3.8) is 0 Å². The van der Waals surface area contributed by atoms with Crippen molar-refractivity contribution >= 4 is 11.0 Å². The molecule has 8 N–H and O–H groups in total. The molecule has 1 aliphatic heterocycles. The van der Waals surface area contributed by atoms with Crippen LogP contribution in [0.25, 0.3) is 22.3 Å². The lowest BCUT2D eigenvalue weighted by molar-refractivity contribution is -0.277. The van der Waals surface area contributed by atoms with E-state index in [1.807, 2.05) is 0 Å². The van der Waals surface area contributed by atoms with Crippen molar-refractivity contribution in [2.75, 3.05) is 6.61 Å². The maximum absolute atomic E-state index is 13.3. The van der Waals surface area contributed by atoms with Crippen molar-refractivity contribution in [3.05, 3.63) is 40.6 Å². The fourth-order valence-electron chi connectivity index (χ4n) is 3.49. The summed E-state index contributed by atoms with van der Waals surface area (Å²) in [4.78, 5) is 13.3. The van der Waals surface area contributed by atoms with Crippen molar-refractivity contribution in [3.8, 4) is 40.1 Å². The minimum atomic E-state index is -1.86. The lowest BCUT2D eigenvalue weighted by Gasteiger charge is -2.39. The Morgan fingerprint density at radius 3 is 2.18 bits per heavy atom. The van der Waals surface area contributed by atoms with E-state index in [-0.39, 0.29) is 11.3 Å². The third-order valence-electron chi connectivity index (χ3n) is 5.28. The Balaban J connectivity index is 1.92. The summed E-state index contributed by atoms with van der Waals surface area (Å²) in [5, 5.41) is 79.0. The van der Waals surface area contributed by atoms with Gasteiger partial charge in [0.15, 0.2) is 28.6 Å². The second kappa shape index (κ2) is 8.42. The molecular weight excluding hydrogens is 444 g/mol. The zero-order valence-corrected chi connectivity index (χ0v) is 16.7. The molecule has 0 unspecified atom stereocenters. The molecule has 0 amide bonds. The fraction of sp³-hybridized carbons (Fsp3) is 0.286. The van der Waals surface area contributed by atoms with Gasteiger partial charge in [-0.1, -0.05) is 0 Å². The lowest BCUT2D eigenvalue weighted by atomic mass is 9.99. The maximum atomic E-state index is 13.3. The van der Waals surface area contributed by atoms with E-state index in [9.17, 15) is 45.6 Å². The van der Waals surface area contributed by atoms with Gasteiger partial charge in [-0.2, -0.15) is 0 Å². The summed E-state index contributed by atoms with van der Waals surface area (Å²) in [6.45, 7) is -0.746. The summed E-state index contributed by atoms with van der Waals surface area (Å²) in [5.74, 6) is -3.15. The van der Waals surface area contributed by atoms with Gasteiger partial charge in [0.2, 0.25) is 17.5 Å². The zero-order valence-electron chi connectivity index (χ0n) is 16.7. The average molecular weight is 464 g/mol. The van der Waals surface area contributed by atoms with Gasteiger partial charge in [0.25, 0.3) is 0 Å². The molecule has 2 heterocycles. The number of rotatable bonds is 4. The van der Waals surface area contributed by atoms with Gasteiger partial charge < -0.3 is 54.7 Å². The first-order valence-corrected chi connectivity index (χ1v) is 9.65. The maximum Gasteiger partial charge on any atom is 0.239 e. The Bertz CT molecular complexity index is 1250. The first-order chi connectivity index (χ1) is 15.6. The second-order valence-electron chi connectivity index (χ2n) is 7.42. The SMILES string of the molecule is O=c1c(O[C@@H]2O[C@H](CO)[C@H](O)[C@H](O)[C@H]2O)c(-c2ccc(O)c(O)c2)oc2c(O)ccc(O)c12. The molecular formula is C21H20O12. The largest absolute Gasteiger partial charge is 0.507 e. The molecule has 12 nitrogen and oxygen atoms in total. The summed E-state index contributed by atoms with van der Waals surface area (Å²) >= 11 is 0. The summed E-state index contributed by atoms with van der Waals surface area (Å²) in [5.41, 5.74) is -1.43. The minimum Gasteiger partial charge on any atom is -0.507 e. The lowest BCUT2D eigenvalue weighted by Crippen LogP contribution is -2.60. The Labute approximate surface area is 184 Å². The molecule has 5 atom stereocenters. The number of aromatic hydroxyl groups is 4. The molecule has 1 aromatic heterocycles. The third-order valence-corrected chi connectivity index (χ3v) is 5.28. The molecule has 176 valence electrons. The first-order valence-electron chi connectivity index (χ1n) is 9.65. The van der Waals surface area contributed by atoms with Crippen LogP contribution in [0.15, 0.2) is 39.5 Å². The number of aliphatic hydroxyl groups is 4. The van der Waals surface area contributed by atoms with Gasteiger partial charge in [0, 0.05) is 5.56 Å². The van der Waals surface area contributed by atoms with Gasteiger partial charge in [0.1, 0.15) is 35.6 Å². The van der Waals surface area contributed by atoms with Crippen LogP contribution in [0.1, 0.15) is 0 Å². The highest BCUT2D eigenvalue weighted by molar-refractivity contribution is 5.91. The number of hydrogen-bond donors (Lipinski definition) is 8. The molecule has 2 aromatic carbocycles. The molecule has 33 heavy (non-hydrogen) atoms. The van der Waals surface area contributed by atoms with E-state index in [0.717, 1.165) is 24.3 Å². The molecule has 1 aliphatic rings. The van der Waals surface area contributed by atoms with Crippen molar-refractivity contribution < 1.29 is 54.7 Å². The van der Waals surface area contributed by atoms with E-state index in [1.165, 1.54) is 6.07 Å². The molecule has 3 aromatic rings. The molecule has 0 bridgehead atoms. The van der Waals surface area contributed by atoms with Crippen LogP contribution >= 0.6 is 0 Å². The highest BCUT2D eigenvalue weighted by atomic mass is 16.7. The van der Waals surface area contributed by atoms with Crippen LogP contribution in [-0.2, 0) is 4.74 Å². The predicted molar refractivity (Wildman–Crippen MR) is 109 cm³/mol. The number of benzene rings is 2. The van der Waals surface area contributed by atoms with E-state index in [0.29, 0.717) is 0 Å². The zero-order chi connectivity index (χ0) is 24.0. The fourth-order valence-corrected chi connectivity index (χ4v) is 3.49. The Kier molecular flexibility index (Phi) is 5.78. The van der Waals surface area contributed by atoms with E-state index in [2.05, 4.69) is 0 Å². The third kappa shape index (κ3) is 3.79. The van der Waals surface area contributed by atoms with Crippen LogP contribution < -0.4 is 10.2 Å². The predicted octanol–water partition coefficient (Wildman–Crippen LogP) is -0.539. The van der Waals surface area contributed by atoms with E-state index in [1.54, 1.807) is 0 Å². The van der Waals surface area contributed by atoms with Crippen LogP contribution in [-0.4, -0.2) is 78.2 Å². The summed E-state index contributed by atoms with van der Waals surface area (Å²) in [7, 11) is 0. The van der Waals surface area contributed by atoms with E-state index < -0.39 is 82.5 Å². The highest BCUT2D eigenvalue weighted by Gasteiger charge is 2.45. The van der Waals surface area contributed by atoms with Gasteiger partial charge in [-0.3, -0.25) is 4.79 Å². The van der Waals surface area contributed by atoms with E-state index >= 15 is 0 Å². The summed E-state index contributed by atoms with van der Waals surface area (Å²) < 4.78 is 16.4. The smallest absolute Gasteiger partial charge is 0.239 e. The molecule has 0 radical (unpaired) electrons. The first kappa shape index (κ1) is 22.6. The monoisotopic (exact) mass is 464 g/mol. The van der Waals surface area contributed by atoms with Gasteiger partial charge in [-0.15, -0.1) is 0 Å². The Morgan fingerprint density at radius 1 is 0.848 bits per heavy atom. The normalized spacial score (nSPS) is 25.3. The van der Waals surface area contributed by atoms with Crippen LogP contribution in [0.2, 0.25) is 0 Å². The van der Waals surface area contributed by atoms with Gasteiger partial charge in [-0.05, 0) is 30.3 Å². The van der Waals surface area contributed by atoms with Crippen LogP contribution in [0, 0.1) is 0 Å². The highest BCUT2D eigenvalue weighted by Crippen LogP contribution is 2.40. The number of fused-ring (bicyclic) bond motifs is 1. The van der Waals surface area contributed by atoms with Gasteiger partial charge in [-0.25, -0.2) is 0 Å². The van der Waals surface area contributed by atoms with Crippen molar-refractivity contribution in [1.82, 2.24) is 0 Å². The number of aliphatic hydroxyl groups excluding tert-OH is 4. The Morgan fingerprint density at radius 2 is 1.52 bits per heavy atom. The van der Waals surface area contributed by atoms with Crippen molar-refractivity contribution in [1.29, 1.82) is 0 Å². The topological polar surface area (TPSA) is 211 Å². The standard InChI is InChI=1S/C21H20O12/c22-6-12-14(27)16(29)17(30)21(31-12)33-20-15(28)13-9(24)3-4-10(25)19(13)32-18(20)7-1-2-8(23)11(26)5-7/h1-5,12,14,16-17,21-27,29-30H,6H2/t12-,14+,16+,17-,21+/m1/s1. The molecule has 1 saturated heterocycles. The van der Waals surface area contributed by atoms with Crippen LogP contribution in [0.3, 0.4) is 0 Å². The van der Waals surface area contributed by atoms with Crippen LogP contribution in [0.4, 0.5) is 0 Å². The quantitative estimate of drug-likeness (QED) is 0.181. The molecule has 0 saturated carbocycles. The summed E-state index contributed by atoms with van der Waals surface area (Å²) in [6, 6.07) is 5.49. The average Bonchev–Trinajstić information content (AvgIpc) is 2.79. The van der Waals surface area contributed by atoms with Crippen LogP contribution in [0.5, 0.6) is 28.7 Å². The number of hydrogen-bond acceptors (Lipinski definition) is 12. The van der Waals surface area contributed by atoms with Gasteiger partial charge in [0.05, 0.1) is 6.61 Å². The second-order valence-corrected chi connectivity index (χ2v) is 7.42. The number of ether oxygens (including phenoxy) is 2. The van der Waals surface area contributed by atoms with Crippen molar-refractivity contribution in [2.24, 2.45) is 0 Å². The molecule has 0 spiro atoms. The molecule has 0 aliphatic carbocycles. The molecule has 1 fully saturated rings. The van der Waals surface area contributed by atoms with E-state index in [4.69, 9.17) is 13.9 Å². The minimum absolute atomic E-state index is 0.00775. The van der Waals surface area contributed by atoms with Crippen molar-refractivity contribution in [2.45, 2.75) is 30.7 Å².